The number of hydrogen-bond donors (Lipinski definition) is 1. The lowest BCUT2D eigenvalue weighted by Crippen LogP contribution is -2.52. The van der Waals surface area contributed by atoms with Crippen LogP contribution in [0.25, 0.3) is 0 Å². The number of amides is 4. The van der Waals surface area contributed by atoms with Crippen LogP contribution >= 0.6 is 0 Å². The molecule has 0 bridgehead atoms. The molecule has 0 spiro atoms. The smallest absolute Gasteiger partial charge is 0.255 e. The number of fused-ring (bicyclic) bond motifs is 1. The number of carbonyl (C=O) groups is 4. The first kappa shape index (κ1) is 21.9. The predicted octanol–water partition coefficient (Wildman–Crippen LogP) is 1.82. The number of imide groups is 1. The molecule has 5 rings (SSSR count). The van der Waals surface area contributed by atoms with Gasteiger partial charge in [0, 0.05) is 61.9 Å². The first-order valence-corrected chi connectivity index (χ1v) is 11.9. The van der Waals surface area contributed by atoms with Gasteiger partial charge in [0.15, 0.2) is 0 Å². The lowest BCUT2D eigenvalue weighted by Gasteiger charge is -2.39. The van der Waals surface area contributed by atoms with E-state index in [1.165, 1.54) is 23.5 Å². The van der Waals surface area contributed by atoms with Gasteiger partial charge in [0.05, 0.1) is 0 Å². The zero-order chi connectivity index (χ0) is 23.1. The van der Waals surface area contributed by atoms with E-state index in [0.29, 0.717) is 37.4 Å². The van der Waals surface area contributed by atoms with E-state index in [-0.39, 0.29) is 48.6 Å². The third-order valence-corrected chi connectivity index (χ3v) is 7.48. The van der Waals surface area contributed by atoms with Crippen LogP contribution in [0.1, 0.15) is 60.9 Å². The molecule has 0 radical (unpaired) electrons. The third kappa shape index (κ3) is 4.09. The molecule has 1 unspecified atom stereocenters. The minimum Gasteiger partial charge on any atom is -0.368 e. The van der Waals surface area contributed by atoms with Gasteiger partial charge >= 0.3 is 0 Å². The van der Waals surface area contributed by atoms with Crippen LogP contribution in [0.5, 0.6) is 0 Å². The molecule has 1 aromatic carbocycles. The van der Waals surface area contributed by atoms with Crippen LogP contribution in [0.2, 0.25) is 0 Å². The summed E-state index contributed by atoms with van der Waals surface area (Å²) >= 11 is 0. The Morgan fingerprint density at radius 3 is 2.39 bits per heavy atom. The molecule has 8 nitrogen and oxygen atoms in total. The molecule has 176 valence electrons. The van der Waals surface area contributed by atoms with Crippen LogP contribution in [0, 0.1) is 11.7 Å². The van der Waals surface area contributed by atoms with Crippen molar-refractivity contribution in [3.05, 3.63) is 29.1 Å². The summed E-state index contributed by atoms with van der Waals surface area (Å²) in [6.45, 7) is 2.50. The number of carbonyl (C=O) groups excluding carboxylic acids is 4. The van der Waals surface area contributed by atoms with Crippen LogP contribution in [-0.4, -0.2) is 65.6 Å². The SMILES string of the molecule is O=C1CCC(N2Cc3c(cc(F)cc3N3CCN(C(=O)C4CCCCC4)CC3)C2=O)C(=O)N1. The van der Waals surface area contributed by atoms with Gasteiger partial charge in [-0.25, -0.2) is 4.39 Å². The van der Waals surface area contributed by atoms with Crippen LogP contribution in [0.4, 0.5) is 10.1 Å². The maximum Gasteiger partial charge on any atom is 0.255 e. The average molecular weight is 457 g/mol. The van der Waals surface area contributed by atoms with Crippen LogP contribution in [0.15, 0.2) is 12.1 Å². The second kappa shape index (κ2) is 8.76. The normalized spacial score (nSPS) is 24.2. The lowest BCUT2D eigenvalue weighted by molar-refractivity contribution is -0.137. The Balaban J connectivity index is 1.31. The highest BCUT2D eigenvalue weighted by Crippen LogP contribution is 2.36. The highest BCUT2D eigenvalue weighted by Gasteiger charge is 2.41. The van der Waals surface area contributed by atoms with Gasteiger partial charge < -0.3 is 14.7 Å². The van der Waals surface area contributed by atoms with Gasteiger partial charge in [-0.3, -0.25) is 24.5 Å². The van der Waals surface area contributed by atoms with Crippen LogP contribution in [-0.2, 0) is 20.9 Å². The summed E-state index contributed by atoms with van der Waals surface area (Å²) < 4.78 is 14.5. The molecule has 1 N–H and O–H groups in total. The van der Waals surface area contributed by atoms with E-state index in [0.717, 1.165) is 25.7 Å². The highest BCUT2D eigenvalue weighted by molar-refractivity contribution is 6.06. The maximum atomic E-state index is 14.5. The first-order chi connectivity index (χ1) is 15.9. The fourth-order valence-electron chi connectivity index (χ4n) is 5.67. The second-order valence-corrected chi connectivity index (χ2v) is 9.50. The summed E-state index contributed by atoms with van der Waals surface area (Å²) in [5, 5.41) is 2.29. The number of anilines is 1. The zero-order valence-corrected chi connectivity index (χ0v) is 18.6. The molecule has 3 fully saturated rings. The molecule has 1 saturated carbocycles. The predicted molar refractivity (Wildman–Crippen MR) is 118 cm³/mol. The third-order valence-electron chi connectivity index (χ3n) is 7.48. The molecular formula is C24H29FN4O4. The van der Waals surface area contributed by atoms with E-state index in [1.807, 2.05) is 9.80 Å². The minimum atomic E-state index is -0.733. The van der Waals surface area contributed by atoms with Crippen molar-refractivity contribution in [3.63, 3.8) is 0 Å². The van der Waals surface area contributed by atoms with E-state index in [9.17, 15) is 23.6 Å². The number of hydrogen-bond acceptors (Lipinski definition) is 5. The van der Waals surface area contributed by atoms with E-state index in [2.05, 4.69) is 5.32 Å². The molecule has 3 heterocycles. The molecule has 1 aromatic rings. The van der Waals surface area contributed by atoms with Crippen molar-refractivity contribution in [2.24, 2.45) is 5.92 Å². The molecule has 4 aliphatic rings. The van der Waals surface area contributed by atoms with Crippen molar-refractivity contribution in [3.8, 4) is 0 Å². The molecule has 9 heteroatoms. The molecule has 33 heavy (non-hydrogen) atoms. The Hall–Kier alpha value is -2.97. The van der Waals surface area contributed by atoms with Crippen LogP contribution < -0.4 is 10.2 Å². The van der Waals surface area contributed by atoms with Crippen molar-refractivity contribution < 1.29 is 23.6 Å². The van der Waals surface area contributed by atoms with Crippen molar-refractivity contribution in [2.45, 2.75) is 57.5 Å². The average Bonchev–Trinajstić information content (AvgIpc) is 3.15. The largest absolute Gasteiger partial charge is 0.368 e. The monoisotopic (exact) mass is 456 g/mol. The number of rotatable bonds is 3. The standard InChI is InChI=1S/C24H29FN4O4/c25-16-12-17-18(14-29(24(17)33)19-6-7-21(30)26-22(19)31)20(13-16)27-8-10-28(11-9-27)23(32)15-4-2-1-3-5-15/h12-13,15,19H,1-11,14H2,(H,26,30,31). The van der Waals surface area contributed by atoms with Gasteiger partial charge in [-0.15, -0.1) is 0 Å². The molecule has 3 aliphatic heterocycles. The summed E-state index contributed by atoms with van der Waals surface area (Å²) in [6.07, 6.45) is 5.81. The van der Waals surface area contributed by atoms with E-state index >= 15 is 0 Å². The number of halogens is 1. The van der Waals surface area contributed by atoms with E-state index in [4.69, 9.17) is 0 Å². The Labute approximate surface area is 192 Å². The Kier molecular flexibility index (Phi) is 5.80. The van der Waals surface area contributed by atoms with Crippen molar-refractivity contribution >= 4 is 29.3 Å². The fraction of sp³-hybridized carbons (Fsp3) is 0.583. The van der Waals surface area contributed by atoms with Crippen molar-refractivity contribution in [2.75, 3.05) is 31.1 Å². The van der Waals surface area contributed by atoms with Crippen molar-refractivity contribution in [1.82, 2.24) is 15.1 Å². The summed E-state index contributed by atoms with van der Waals surface area (Å²) in [4.78, 5) is 55.2. The summed E-state index contributed by atoms with van der Waals surface area (Å²) in [5.74, 6) is -1.34. The van der Waals surface area contributed by atoms with Crippen molar-refractivity contribution in [1.29, 1.82) is 0 Å². The number of nitrogens with one attached hydrogen (secondary N) is 1. The topological polar surface area (TPSA) is 90.0 Å². The van der Waals surface area contributed by atoms with Crippen LogP contribution in [0.3, 0.4) is 0 Å². The van der Waals surface area contributed by atoms with Gasteiger partial charge in [0.2, 0.25) is 17.7 Å². The summed E-state index contributed by atoms with van der Waals surface area (Å²) in [5.41, 5.74) is 1.63. The fourth-order valence-corrected chi connectivity index (χ4v) is 5.67. The molecule has 0 aromatic heterocycles. The van der Waals surface area contributed by atoms with E-state index < -0.39 is 17.8 Å². The first-order valence-electron chi connectivity index (χ1n) is 11.9. The number of piperazine rings is 1. The van der Waals surface area contributed by atoms with Gasteiger partial charge in [0.25, 0.3) is 5.91 Å². The molecule has 2 saturated heterocycles. The van der Waals surface area contributed by atoms with Gasteiger partial charge in [-0.05, 0) is 31.4 Å². The number of benzene rings is 1. The molecule has 1 atom stereocenters. The maximum absolute atomic E-state index is 14.5. The molecular weight excluding hydrogens is 427 g/mol. The second-order valence-electron chi connectivity index (χ2n) is 9.50. The lowest BCUT2D eigenvalue weighted by atomic mass is 9.88. The van der Waals surface area contributed by atoms with E-state index in [1.54, 1.807) is 0 Å². The van der Waals surface area contributed by atoms with Gasteiger partial charge in [0.1, 0.15) is 11.9 Å². The number of piperidine rings is 1. The summed E-state index contributed by atoms with van der Waals surface area (Å²) in [6, 6.07) is 1.94. The molecule has 1 aliphatic carbocycles. The quantitative estimate of drug-likeness (QED) is 0.701. The summed E-state index contributed by atoms with van der Waals surface area (Å²) in [7, 11) is 0. The van der Waals surface area contributed by atoms with Gasteiger partial charge in [-0.1, -0.05) is 19.3 Å². The molecule has 4 amide bonds. The number of nitrogens with zero attached hydrogens (tertiary/aromatic N) is 3. The Morgan fingerprint density at radius 1 is 0.970 bits per heavy atom. The zero-order valence-electron chi connectivity index (χ0n) is 18.6. The van der Waals surface area contributed by atoms with Gasteiger partial charge in [-0.2, -0.15) is 0 Å². The Bertz CT molecular complexity index is 998. The Morgan fingerprint density at radius 2 is 1.70 bits per heavy atom. The highest BCUT2D eigenvalue weighted by atomic mass is 19.1. The minimum absolute atomic E-state index is 0.128.